The minimum absolute atomic E-state index is 0.126. The molecule has 0 N–H and O–H groups in total. The van der Waals surface area contributed by atoms with E-state index in [9.17, 15) is 14.4 Å². The van der Waals surface area contributed by atoms with E-state index in [1.54, 1.807) is 10.3 Å². The van der Waals surface area contributed by atoms with Crippen molar-refractivity contribution in [2.75, 3.05) is 31.4 Å². The summed E-state index contributed by atoms with van der Waals surface area (Å²) in [6.45, 7) is 1.20. The van der Waals surface area contributed by atoms with Gasteiger partial charge in [0.25, 0.3) is 11.8 Å². The maximum absolute atomic E-state index is 16.0. The molecule has 2 aromatic heterocycles. The second-order valence-corrected chi connectivity index (χ2v) is 14.3. The third-order valence-corrected chi connectivity index (χ3v) is 11.9. The predicted octanol–water partition coefficient (Wildman–Crippen LogP) is 5.72. The first kappa shape index (κ1) is 30.2. The van der Waals surface area contributed by atoms with Crippen molar-refractivity contribution in [1.29, 1.82) is 0 Å². The molecule has 3 aliphatic heterocycles. The number of hydrogen-bond acceptors (Lipinski definition) is 9. The Morgan fingerprint density at radius 3 is 2.66 bits per heavy atom. The SMILES string of the molecule is O=C(Oc1c2n(ccc1=O)N([C@H]1c3ccccc3-c3scc4c3-c3c1ccc(F)c3C(F)(F)C4)C13CC1OCCN3C2=O)OC1CCOCC1. The summed E-state index contributed by atoms with van der Waals surface area (Å²) in [5, 5.41) is 3.60. The summed E-state index contributed by atoms with van der Waals surface area (Å²) in [5.41, 5.74) is 0.401. The van der Waals surface area contributed by atoms with Crippen LogP contribution in [0.3, 0.4) is 0 Å². The number of alkyl halides is 2. The molecule has 6 aliphatic rings. The summed E-state index contributed by atoms with van der Waals surface area (Å²) >= 11 is 1.34. The van der Waals surface area contributed by atoms with E-state index in [4.69, 9.17) is 18.9 Å². The van der Waals surface area contributed by atoms with Crippen molar-refractivity contribution in [1.82, 2.24) is 9.58 Å². The van der Waals surface area contributed by atoms with E-state index in [1.165, 1.54) is 34.3 Å². The average molecular weight is 704 g/mol. The van der Waals surface area contributed by atoms with E-state index >= 15 is 13.2 Å². The molecule has 14 heteroatoms. The number of halogens is 3. The number of ether oxygens (including phenoxy) is 4. The van der Waals surface area contributed by atoms with E-state index in [0.717, 1.165) is 22.1 Å². The van der Waals surface area contributed by atoms with Crippen molar-refractivity contribution in [3.8, 4) is 27.3 Å². The Kier molecular flexibility index (Phi) is 6.30. The van der Waals surface area contributed by atoms with Gasteiger partial charge in [0.1, 0.15) is 18.0 Å². The number of amides is 1. The lowest BCUT2D eigenvalue weighted by Gasteiger charge is -2.52. The van der Waals surface area contributed by atoms with E-state index < -0.39 is 70.9 Å². The lowest BCUT2D eigenvalue weighted by molar-refractivity contribution is -0.0227. The number of carbonyl (C=O) groups is 2. The summed E-state index contributed by atoms with van der Waals surface area (Å²) < 4.78 is 71.7. The summed E-state index contributed by atoms with van der Waals surface area (Å²) in [4.78, 5) is 43.4. The molecule has 3 fully saturated rings. The van der Waals surface area contributed by atoms with Gasteiger partial charge < -0.3 is 23.8 Å². The fourth-order valence-electron chi connectivity index (χ4n) is 8.64. The third-order valence-electron chi connectivity index (χ3n) is 10.8. The molecule has 10 rings (SSSR count). The molecule has 2 unspecified atom stereocenters. The summed E-state index contributed by atoms with van der Waals surface area (Å²) in [5.74, 6) is -5.53. The first-order valence-corrected chi connectivity index (χ1v) is 17.4. The van der Waals surface area contributed by atoms with E-state index in [0.29, 0.717) is 49.2 Å². The van der Waals surface area contributed by atoms with E-state index in [-0.39, 0.29) is 24.4 Å². The van der Waals surface area contributed by atoms with Gasteiger partial charge in [-0.1, -0.05) is 30.3 Å². The van der Waals surface area contributed by atoms with Gasteiger partial charge in [0.05, 0.1) is 31.4 Å². The van der Waals surface area contributed by atoms with Gasteiger partial charge in [0.15, 0.2) is 11.4 Å². The molecule has 10 nitrogen and oxygen atoms in total. The maximum Gasteiger partial charge on any atom is 0.514 e. The molecular formula is C36H28F3N3O7S. The zero-order valence-corrected chi connectivity index (χ0v) is 27.1. The smallest absolute Gasteiger partial charge is 0.430 e. The molecule has 2 saturated heterocycles. The Labute approximate surface area is 286 Å². The van der Waals surface area contributed by atoms with Gasteiger partial charge in [-0.05, 0) is 33.7 Å². The number of aromatic nitrogens is 1. The molecular weight excluding hydrogens is 675 g/mol. The fourth-order valence-corrected chi connectivity index (χ4v) is 9.76. The highest BCUT2D eigenvalue weighted by Crippen LogP contribution is 2.61. The van der Waals surface area contributed by atoms with Gasteiger partial charge in [-0.25, -0.2) is 18.0 Å². The average Bonchev–Trinajstić information content (AvgIpc) is 3.73. The van der Waals surface area contributed by atoms with Crippen molar-refractivity contribution >= 4 is 23.4 Å². The standard InChI is InChI=1S/C36H28F3N3O7S/c37-23-6-5-22-27-26-18(15-35(38,39)28(23)27)17-50-32(26)21-4-2-1-3-20(21)29(22)42-36-16-25(36)47-14-11-40(36)33(44)30-31(24(43)7-10-41(30)42)49-34(45)48-19-8-12-46-13-9-19/h1-7,10,17,19,25,29H,8-9,11-16H2/t25?,29-,36?/m0/s1. The van der Waals surface area contributed by atoms with Crippen molar-refractivity contribution < 1.29 is 41.7 Å². The molecule has 0 radical (unpaired) electrons. The lowest BCUT2D eigenvalue weighted by atomic mass is 9.80. The maximum atomic E-state index is 16.0. The topological polar surface area (TPSA) is 99.5 Å². The minimum atomic E-state index is -3.48. The fraction of sp³-hybridized carbons (Fsp3) is 0.361. The van der Waals surface area contributed by atoms with Gasteiger partial charge in [-0.15, -0.1) is 11.3 Å². The molecule has 1 spiro atoms. The summed E-state index contributed by atoms with van der Waals surface area (Å²) in [7, 11) is 0. The summed E-state index contributed by atoms with van der Waals surface area (Å²) in [6.07, 6.45) is 0.0610. The van der Waals surface area contributed by atoms with Gasteiger partial charge in [-0.2, -0.15) is 0 Å². The quantitative estimate of drug-likeness (QED) is 0.250. The Balaban J connectivity index is 1.22. The number of thiophene rings is 1. The van der Waals surface area contributed by atoms with Gasteiger partial charge in [0, 0.05) is 60.5 Å². The Bertz CT molecular complexity index is 2210. The molecule has 3 atom stereocenters. The second kappa shape index (κ2) is 10.4. The number of fused-ring (bicyclic) bond motifs is 3. The minimum Gasteiger partial charge on any atom is -0.430 e. The van der Waals surface area contributed by atoms with E-state index in [2.05, 4.69) is 0 Å². The molecule has 50 heavy (non-hydrogen) atoms. The number of rotatable bonds is 3. The normalized spacial score (nSPS) is 25.4. The Morgan fingerprint density at radius 1 is 1.00 bits per heavy atom. The van der Waals surface area contributed by atoms with Crippen molar-refractivity contribution in [2.24, 2.45) is 0 Å². The van der Waals surface area contributed by atoms with Crippen LogP contribution in [0.2, 0.25) is 0 Å². The van der Waals surface area contributed by atoms with Crippen LogP contribution in [-0.4, -0.2) is 65.9 Å². The molecule has 4 aromatic rings. The van der Waals surface area contributed by atoms with Gasteiger partial charge in [-0.3, -0.25) is 19.3 Å². The molecule has 0 bridgehead atoms. The number of pyridine rings is 1. The van der Waals surface area contributed by atoms with Crippen LogP contribution in [0, 0.1) is 5.82 Å². The van der Waals surface area contributed by atoms with Gasteiger partial charge in [0.2, 0.25) is 11.2 Å². The van der Waals surface area contributed by atoms with Crippen molar-refractivity contribution in [2.45, 2.75) is 55.5 Å². The molecule has 1 amide bonds. The molecule has 5 heterocycles. The zero-order chi connectivity index (χ0) is 34.1. The lowest BCUT2D eigenvalue weighted by Crippen LogP contribution is -2.68. The highest BCUT2D eigenvalue weighted by Gasteiger charge is 2.71. The molecule has 3 aliphatic carbocycles. The van der Waals surface area contributed by atoms with Crippen LogP contribution in [0.5, 0.6) is 5.75 Å². The number of morpholine rings is 1. The summed E-state index contributed by atoms with van der Waals surface area (Å²) in [6, 6.07) is 10.5. The second-order valence-electron chi connectivity index (χ2n) is 13.5. The van der Waals surface area contributed by atoms with Crippen LogP contribution in [0.15, 0.2) is 58.8 Å². The van der Waals surface area contributed by atoms with Crippen LogP contribution in [0.4, 0.5) is 18.0 Å². The highest BCUT2D eigenvalue weighted by atomic mass is 32.1. The van der Waals surface area contributed by atoms with Crippen molar-refractivity contribution in [3.63, 3.8) is 0 Å². The first-order chi connectivity index (χ1) is 24.2. The first-order valence-electron chi connectivity index (χ1n) is 16.5. The Morgan fingerprint density at radius 2 is 1.82 bits per heavy atom. The van der Waals surface area contributed by atoms with Crippen LogP contribution in [0.25, 0.3) is 21.6 Å². The Hall–Kier alpha value is -4.66. The van der Waals surface area contributed by atoms with Crippen molar-refractivity contribution in [3.05, 3.63) is 98.0 Å². The molecule has 2 aromatic carbocycles. The van der Waals surface area contributed by atoms with Gasteiger partial charge >= 0.3 is 6.16 Å². The highest BCUT2D eigenvalue weighted by molar-refractivity contribution is 7.14. The van der Waals surface area contributed by atoms with E-state index in [1.807, 2.05) is 29.3 Å². The number of benzene rings is 2. The van der Waals surface area contributed by atoms with Crippen LogP contribution < -0.4 is 15.2 Å². The number of carbonyl (C=O) groups excluding carboxylic acids is 2. The molecule has 256 valence electrons. The predicted molar refractivity (Wildman–Crippen MR) is 173 cm³/mol. The van der Waals surface area contributed by atoms with Crippen LogP contribution >= 0.6 is 11.3 Å². The third kappa shape index (κ3) is 4.00. The van der Waals surface area contributed by atoms with Crippen LogP contribution in [0.1, 0.15) is 58.0 Å². The van der Waals surface area contributed by atoms with Crippen LogP contribution in [-0.2, 0) is 26.6 Å². The molecule has 1 saturated carbocycles. The monoisotopic (exact) mass is 703 g/mol. The number of hydrogen-bond donors (Lipinski definition) is 0. The number of nitrogens with zero attached hydrogens (tertiary/aromatic N) is 3. The largest absolute Gasteiger partial charge is 0.514 e. The zero-order valence-electron chi connectivity index (χ0n) is 26.3.